The van der Waals surface area contributed by atoms with Gasteiger partial charge < -0.3 is 16.2 Å². The third kappa shape index (κ3) is 3.11. The summed E-state index contributed by atoms with van der Waals surface area (Å²) in [5.74, 6) is -2.93. The smallest absolute Gasteiger partial charge is 0.337 e. The van der Waals surface area contributed by atoms with Crippen LogP contribution in [0.25, 0.3) is 0 Å². The van der Waals surface area contributed by atoms with Crippen LogP contribution in [0.2, 0.25) is 5.02 Å². The summed E-state index contributed by atoms with van der Waals surface area (Å²) in [5.41, 5.74) is 5.28. The summed E-state index contributed by atoms with van der Waals surface area (Å²) in [7, 11) is 0. The Kier molecular flexibility index (Phi) is 4.09. The molecule has 0 aromatic heterocycles. The molecule has 0 spiro atoms. The number of rotatable bonds is 3. The van der Waals surface area contributed by atoms with E-state index < -0.39 is 17.7 Å². The second-order valence-electron chi connectivity index (χ2n) is 4.17. The Hall–Kier alpha value is -2.60. The van der Waals surface area contributed by atoms with Gasteiger partial charge in [0.05, 0.1) is 21.8 Å². The van der Waals surface area contributed by atoms with E-state index in [9.17, 15) is 14.0 Å². The molecular formula is C14H10ClFN2O3. The summed E-state index contributed by atoms with van der Waals surface area (Å²) in [6, 6.07) is 7.93. The van der Waals surface area contributed by atoms with Crippen LogP contribution in [0.4, 0.5) is 15.8 Å². The van der Waals surface area contributed by atoms with Crippen LogP contribution in [-0.2, 0) is 0 Å². The van der Waals surface area contributed by atoms with Crippen molar-refractivity contribution in [3.63, 3.8) is 0 Å². The lowest BCUT2D eigenvalue weighted by molar-refractivity contribution is 0.0698. The third-order valence-corrected chi connectivity index (χ3v) is 3.01. The number of halogens is 2. The molecule has 2 aromatic carbocycles. The maximum atomic E-state index is 13.7. The topological polar surface area (TPSA) is 92.4 Å². The van der Waals surface area contributed by atoms with Crippen LogP contribution in [0.5, 0.6) is 0 Å². The molecule has 0 saturated heterocycles. The Balaban J connectivity index is 2.36. The van der Waals surface area contributed by atoms with Gasteiger partial charge in [-0.1, -0.05) is 17.7 Å². The Morgan fingerprint density at radius 3 is 2.57 bits per heavy atom. The van der Waals surface area contributed by atoms with Crippen molar-refractivity contribution in [2.75, 3.05) is 11.1 Å². The number of carboxylic acid groups (broad SMARTS) is 1. The van der Waals surface area contributed by atoms with E-state index in [1.165, 1.54) is 36.4 Å². The van der Waals surface area contributed by atoms with Gasteiger partial charge in [-0.05, 0) is 30.3 Å². The predicted octanol–water partition coefficient (Wildman–Crippen LogP) is 3.01. The number of carbonyl (C=O) groups excluding carboxylic acids is 1. The van der Waals surface area contributed by atoms with E-state index in [0.29, 0.717) is 0 Å². The van der Waals surface area contributed by atoms with Gasteiger partial charge in [0.1, 0.15) is 0 Å². The van der Waals surface area contributed by atoms with Crippen molar-refractivity contribution < 1.29 is 19.1 Å². The zero-order valence-electron chi connectivity index (χ0n) is 10.6. The first-order valence-corrected chi connectivity index (χ1v) is 6.16. The van der Waals surface area contributed by atoms with E-state index in [0.717, 1.165) is 0 Å². The highest BCUT2D eigenvalue weighted by molar-refractivity contribution is 6.31. The summed E-state index contributed by atoms with van der Waals surface area (Å²) in [6.07, 6.45) is 0. The maximum absolute atomic E-state index is 13.7. The number of anilines is 2. The standard InChI is InChI=1S/C14H10ClFN2O3/c15-10-3-1-2-8(12(10)16)13(19)18-11-5-4-7(17)6-9(11)14(20)21/h1-6H,17H2,(H,18,19)(H,20,21). The first kappa shape index (κ1) is 14.8. The SMILES string of the molecule is Nc1ccc(NC(=O)c2cccc(Cl)c2F)c(C(=O)O)c1. The number of nitrogens with two attached hydrogens (primary N) is 1. The van der Waals surface area contributed by atoms with Crippen LogP contribution in [0.1, 0.15) is 20.7 Å². The average Bonchev–Trinajstić information content (AvgIpc) is 2.43. The fourth-order valence-electron chi connectivity index (χ4n) is 1.72. The molecule has 0 atom stereocenters. The first-order valence-electron chi connectivity index (χ1n) is 5.78. The molecule has 0 heterocycles. The summed E-state index contributed by atoms with van der Waals surface area (Å²) >= 11 is 5.60. The second-order valence-corrected chi connectivity index (χ2v) is 4.57. The zero-order chi connectivity index (χ0) is 15.6. The number of benzene rings is 2. The molecule has 0 aliphatic carbocycles. The van der Waals surface area contributed by atoms with Crippen LogP contribution in [0, 0.1) is 5.82 Å². The number of nitrogens with one attached hydrogen (secondary N) is 1. The molecule has 2 rings (SSSR count). The molecule has 4 N–H and O–H groups in total. The van der Waals surface area contributed by atoms with E-state index in [1.807, 2.05) is 0 Å². The largest absolute Gasteiger partial charge is 0.478 e. The molecule has 2 aromatic rings. The Bertz CT molecular complexity index is 734. The van der Waals surface area contributed by atoms with Crippen molar-refractivity contribution in [2.45, 2.75) is 0 Å². The molecule has 0 bridgehead atoms. The van der Waals surface area contributed by atoms with Crippen molar-refractivity contribution in [1.82, 2.24) is 0 Å². The molecule has 1 amide bonds. The minimum atomic E-state index is -1.26. The molecule has 108 valence electrons. The van der Waals surface area contributed by atoms with Crippen molar-refractivity contribution in [3.05, 3.63) is 58.4 Å². The second kappa shape index (κ2) is 5.80. The van der Waals surface area contributed by atoms with Gasteiger partial charge in [-0.3, -0.25) is 4.79 Å². The van der Waals surface area contributed by atoms with E-state index in [4.69, 9.17) is 22.4 Å². The monoisotopic (exact) mass is 308 g/mol. The van der Waals surface area contributed by atoms with E-state index in [2.05, 4.69) is 5.32 Å². The Morgan fingerprint density at radius 1 is 1.19 bits per heavy atom. The molecular weight excluding hydrogens is 299 g/mol. The van der Waals surface area contributed by atoms with Crippen molar-refractivity contribution in [3.8, 4) is 0 Å². The fraction of sp³-hybridized carbons (Fsp3) is 0. The predicted molar refractivity (Wildman–Crippen MR) is 77.2 cm³/mol. The number of hydrogen-bond donors (Lipinski definition) is 3. The lowest BCUT2D eigenvalue weighted by atomic mass is 10.1. The summed E-state index contributed by atoms with van der Waals surface area (Å²) in [6.45, 7) is 0. The van der Waals surface area contributed by atoms with Crippen molar-refractivity contribution >= 4 is 34.9 Å². The van der Waals surface area contributed by atoms with Crippen LogP contribution in [-0.4, -0.2) is 17.0 Å². The minimum Gasteiger partial charge on any atom is -0.478 e. The minimum absolute atomic E-state index is 0.0149. The Labute approximate surface area is 124 Å². The average molecular weight is 309 g/mol. The highest BCUT2D eigenvalue weighted by Crippen LogP contribution is 2.22. The number of carbonyl (C=O) groups is 2. The fourth-order valence-corrected chi connectivity index (χ4v) is 1.89. The lowest BCUT2D eigenvalue weighted by Crippen LogP contribution is -2.16. The molecule has 7 heteroatoms. The molecule has 0 saturated carbocycles. The number of nitrogen functional groups attached to an aromatic ring is 1. The number of carboxylic acids is 1. The number of amides is 1. The zero-order valence-corrected chi connectivity index (χ0v) is 11.3. The van der Waals surface area contributed by atoms with Crippen LogP contribution < -0.4 is 11.1 Å². The van der Waals surface area contributed by atoms with Gasteiger partial charge in [0.25, 0.3) is 5.91 Å². The first-order chi connectivity index (χ1) is 9.90. The number of hydrogen-bond acceptors (Lipinski definition) is 3. The van der Waals surface area contributed by atoms with Gasteiger partial charge in [0.2, 0.25) is 0 Å². The molecule has 5 nitrogen and oxygen atoms in total. The molecule has 0 radical (unpaired) electrons. The van der Waals surface area contributed by atoms with Crippen molar-refractivity contribution in [1.29, 1.82) is 0 Å². The van der Waals surface area contributed by atoms with E-state index >= 15 is 0 Å². The van der Waals surface area contributed by atoms with Gasteiger partial charge in [0.15, 0.2) is 5.82 Å². The van der Waals surface area contributed by atoms with Gasteiger partial charge in [0, 0.05) is 5.69 Å². The van der Waals surface area contributed by atoms with E-state index in [-0.39, 0.29) is 27.5 Å². The summed E-state index contributed by atoms with van der Waals surface area (Å²) < 4.78 is 13.7. The van der Waals surface area contributed by atoms with Gasteiger partial charge in [-0.15, -0.1) is 0 Å². The lowest BCUT2D eigenvalue weighted by Gasteiger charge is -2.10. The van der Waals surface area contributed by atoms with Crippen LogP contribution in [0.15, 0.2) is 36.4 Å². The normalized spacial score (nSPS) is 10.2. The van der Waals surface area contributed by atoms with Crippen molar-refractivity contribution in [2.24, 2.45) is 0 Å². The van der Waals surface area contributed by atoms with Gasteiger partial charge in [-0.25, -0.2) is 9.18 Å². The molecule has 0 aliphatic heterocycles. The molecule has 0 unspecified atom stereocenters. The third-order valence-electron chi connectivity index (χ3n) is 2.72. The van der Waals surface area contributed by atoms with Crippen LogP contribution in [0.3, 0.4) is 0 Å². The van der Waals surface area contributed by atoms with E-state index in [1.54, 1.807) is 0 Å². The maximum Gasteiger partial charge on any atom is 0.337 e. The van der Waals surface area contributed by atoms with Gasteiger partial charge >= 0.3 is 5.97 Å². The number of aromatic carboxylic acids is 1. The quantitative estimate of drug-likeness (QED) is 0.760. The Morgan fingerprint density at radius 2 is 1.90 bits per heavy atom. The molecule has 21 heavy (non-hydrogen) atoms. The summed E-state index contributed by atoms with van der Waals surface area (Å²) in [5, 5.41) is 11.2. The summed E-state index contributed by atoms with van der Waals surface area (Å²) in [4.78, 5) is 23.1. The highest BCUT2D eigenvalue weighted by atomic mass is 35.5. The molecule has 0 aliphatic rings. The molecule has 0 fully saturated rings. The van der Waals surface area contributed by atoms with Crippen LogP contribution >= 0.6 is 11.6 Å². The van der Waals surface area contributed by atoms with Gasteiger partial charge in [-0.2, -0.15) is 0 Å². The highest BCUT2D eigenvalue weighted by Gasteiger charge is 2.17.